The molecular weight excluding hydrogens is 350 g/mol. The molecule has 1 aromatic carbocycles. The van der Waals surface area contributed by atoms with Gasteiger partial charge in [-0.1, -0.05) is 11.6 Å². The second kappa shape index (κ2) is 8.03. The van der Waals surface area contributed by atoms with Crippen molar-refractivity contribution in [3.8, 4) is 0 Å². The molecule has 0 bridgehead atoms. The summed E-state index contributed by atoms with van der Waals surface area (Å²) in [5.41, 5.74) is 2.00. The molecule has 8 heteroatoms. The number of carboxylic acids is 1. The van der Waals surface area contributed by atoms with Gasteiger partial charge in [-0.2, -0.15) is 0 Å². The van der Waals surface area contributed by atoms with Gasteiger partial charge < -0.3 is 20.3 Å². The Morgan fingerprint density at radius 2 is 1.78 bits per heavy atom. The van der Waals surface area contributed by atoms with Crippen molar-refractivity contribution in [1.29, 1.82) is 0 Å². The molecule has 0 saturated carbocycles. The van der Waals surface area contributed by atoms with E-state index in [0.29, 0.717) is 16.9 Å². The lowest BCUT2D eigenvalue weighted by atomic mass is 10.1. The highest BCUT2D eigenvalue weighted by Gasteiger charge is 2.23. The SMILES string of the molecule is CC(NC(=O)c1ccc(NC(=O)c2noc3c2CCCCC3)cc1)C(=O)O. The first-order chi connectivity index (χ1) is 13.0. The minimum absolute atomic E-state index is 0.302. The number of aryl methyl sites for hydroxylation is 1. The molecule has 0 radical (unpaired) electrons. The molecule has 27 heavy (non-hydrogen) atoms. The van der Waals surface area contributed by atoms with Gasteiger partial charge in [-0.05, 0) is 50.5 Å². The van der Waals surface area contributed by atoms with Crippen LogP contribution in [0.25, 0.3) is 0 Å². The van der Waals surface area contributed by atoms with Crippen molar-refractivity contribution in [2.75, 3.05) is 5.32 Å². The lowest BCUT2D eigenvalue weighted by Gasteiger charge is -2.10. The Morgan fingerprint density at radius 3 is 2.48 bits per heavy atom. The van der Waals surface area contributed by atoms with Gasteiger partial charge in [-0.25, -0.2) is 0 Å². The third kappa shape index (κ3) is 4.33. The lowest BCUT2D eigenvalue weighted by molar-refractivity contribution is -0.138. The predicted octanol–water partition coefficient (Wildman–Crippen LogP) is 2.40. The van der Waals surface area contributed by atoms with Crippen LogP contribution in [0, 0.1) is 0 Å². The molecule has 1 aliphatic rings. The maximum atomic E-state index is 12.5. The predicted molar refractivity (Wildman–Crippen MR) is 96.7 cm³/mol. The standard InChI is InChI=1S/C19H21N3O5/c1-11(19(25)26)20-17(23)12-7-9-13(10-8-12)21-18(24)16-14-5-3-2-4-6-15(14)27-22-16/h7-11H,2-6H2,1H3,(H,20,23)(H,21,24)(H,25,26). The fourth-order valence-electron chi connectivity index (χ4n) is 2.98. The topological polar surface area (TPSA) is 122 Å². The number of aliphatic carboxylic acids is 1. The zero-order chi connectivity index (χ0) is 19.4. The lowest BCUT2D eigenvalue weighted by Crippen LogP contribution is -2.38. The molecule has 1 unspecified atom stereocenters. The minimum atomic E-state index is -1.11. The largest absolute Gasteiger partial charge is 0.480 e. The molecule has 3 rings (SSSR count). The zero-order valence-corrected chi connectivity index (χ0v) is 14.9. The summed E-state index contributed by atoms with van der Waals surface area (Å²) in [4.78, 5) is 35.3. The molecule has 1 aliphatic carbocycles. The highest BCUT2D eigenvalue weighted by atomic mass is 16.5. The fourth-order valence-corrected chi connectivity index (χ4v) is 2.98. The zero-order valence-electron chi connectivity index (χ0n) is 14.9. The third-order valence-electron chi connectivity index (χ3n) is 4.54. The fraction of sp³-hybridized carbons (Fsp3) is 0.368. The molecule has 142 valence electrons. The minimum Gasteiger partial charge on any atom is -0.480 e. The number of carbonyl (C=O) groups is 3. The Labute approximate surface area is 155 Å². The second-order valence-electron chi connectivity index (χ2n) is 6.56. The quantitative estimate of drug-likeness (QED) is 0.694. The summed E-state index contributed by atoms with van der Waals surface area (Å²) in [6.45, 7) is 1.38. The molecule has 0 saturated heterocycles. The Bertz CT molecular complexity index is 857. The summed E-state index contributed by atoms with van der Waals surface area (Å²) in [5.74, 6) is -1.17. The van der Waals surface area contributed by atoms with E-state index in [1.165, 1.54) is 19.1 Å². The molecule has 0 spiro atoms. The highest BCUT2D eigenvalue weighted by molar-refractivity contribution is 6.04. The van der Waals surface area contributed by atoms with Crippen LogP contribution in [-0.2, 0) is 17.6 Å². The average molecular weight is 371 g/mol. The molecule has 0 aliphatic heterocycles. The average Bonchev–Trinajstić information content (AvgIpc) is 2.91. The monoisotopic (exact) mass is 371 g/mol. The van der Waals surface area contributed by atoms with Gasteiger partial charge in [-0.3, -0.25) is 14.4 Å². The number of anilines is 1. The van der Waals surface area contributed by atoms with Gasteiger partial charge in [-0.15, -0.1) is 0 Å². The van der Waals surface area contributed by atoms with Crippen molar-refractivity contribution >= 4 is 23.5 Å². The van der Waals surface area contributed by atoms with E-state index in [-0.39, 0.29) is 5.91 Å². The van der Waals surface area contributed by atoms with E-state index >= 15 is 0 Å². The second-order valence-corrected chi connectivity index (χ2v) is 6.56. The number of benzene rings is 1. The van der Waals surface area contributed by atoms with Crippen LogP contribution in [0.4, 0.5) is 5.69 Å². The summed E-state index contributed by atoms with van der Waals surface area (Å²) in [7, 11) is 0. The number of aromatic nitrogens is 1. The highest BCUT2D eigenvalue weighted by Crippen LogP contribution is 2.24. The van der Waals surface area contributed by atoms with E-state index in [1.807, 2.05) is 0 Å². The van der Waals surface area contributed by atoms with Crippen molar-refractivity contribution in [2.24, 2.45) is 0 Å². The van der Waals surface area contributed by atoms with Gasteiger partial charge in [0.05, 0.1) is 0 Å². The van der Waals surface area contributed by atoms with Gasteiger partial charge in [0.2, 0.25) is 0 Å². The van der Waals surface area contributed by atoms with Crippen molar-refractivity contribution in [3.63, 3.8) is 0 Å². The Kier molecular flexibility index (Phi) is 5.54. The van der Waals surface area contributed by atoms with Crippen LogP contribution in [0.2, 0.25) is 0 Å². The van der Waals surface area contributed by atoms with Gasteiger partial charge in [0, 0.05) is 23.2 Å². The molecule has 1 aromatic heterocycles. The van der Waals surface area contributed by atoms with Crippen molar-refractivity contribution in [3.05, 3.63) is 46.8 Å². The molecule has 2 aromatic rings. The van der Waals surface area contributed by atoms with Crippen LogP contribution in [0.5, 0.6) is 0 Å². The Hall–Kier alpha value is -3.16. The van der Waals surface area contributed by atoms with Crippen LogP contribution in [-0.4, -0.2) is 34.1 Å². The maximum absolute atomic E-state index is 12.5. The molecule has 0 fully saturated rings. The van der Waals surface area contributed by atoms with E-state index in [4.69, 9.17) is 9.63 Å². The molecule has 1 atom stereocenters. The summed E-state index contributed by atoms with van der Waals surface area (Å²) in [6.07, 6.45) is 4.73. The number of fused-ring (bicyclic) bond motifs is 1. The number of hydrogen-bond donors (Lipinski definition) is 3. The van der Waals surface area contributed by atoms with Gasteiger partial charge >= 0.3 is 5.97 Å². The Balaban J connectivity index is 1.66. The molecular formula is C19H21N3O5. The van der Waals surface area contributed by atoms with Crippen LogP contribution in [0.3, 0.4) is 0 Å². The van der Waals surface area contributed by atoms with Crippen molar-refractivity contribution in [2.45, 2.75) is 45.1 Å². The first kappa shape index (κ1) is 18.6. The van der Waals surface area contributed by atoms with Crippen LogP contribution < -0.4 is 10.6 Å². The van der Waals surface area contributed by atoms with Gasteiger partial charge in [0.15, 0.2) is 5.69 Å². The van der Waals surface area contributed by atoms with Gasteiger partial charge in [0.1, 0.15) is 11.8 Å². The first-order valence-corrected chi connectivity index (χ1v) is 8.88. The summed E-state index contributed by atoms with van der Waals surface area (Å²) >= 11 is 0. The van der Waals surface area contributed by atoms with Crippen molar-refractivity contribution < 1.29 is 24.0 Å². The van der Waals surface area contributed by atoms with E-state index in [0.717, 1.165) is 43.4 Å². The normalized spacial score (nSPS) is 14.6. The number of carbonyl (C=O) groups excluding carboxylic acids is 2. The number of amides is 2. The smallest absolute Gasteiger partial charge is 0.325 e. The number of nitrogens with one attached hydrogen (secondary N) is 2. The number of nitrogens with zero attached hydrogens (tertiary/aromatic N) is 1. The van der Waals surface area contributed by atoms with Crippen LogP contribution >= 0.6 is 0 Å². The molecule has 2 amide bonds. The maximum Gasteiger partial charge on any atom is 0.325 e. The molecule has 3 N–H and O–H groups in total. The van der Waals surface area contributed by atoms with Gasteiger partial charge in [0.25, 0.3) is 11.8 Å². The van der Waals surface area contributed by atoms with E-state index in [9.17, 15) is 14.4 Å². The number of rotatable bonds is 5. The number of hydrogen-bond acceptors (Lipinski definition) is 5. The summed E-state index contributed by atoms with van der Waals surface area (Å²) < 4.78 is 5.32. The van der Waals surface area contributed by atoms with Crippen molar-refractivity contribution in [1.82, 2.24) is 10.5 Å². The van der Waals surface area contributed by atoms with E-state index < -0.39 is 17.9 Å². The van der Waals surface area contributed by atoms with Crippen LogP contribution in [0.15, 0.2) is 28.8 Å². The Morgan fingerprint density at radius 1 is 1.07 bits per heavy atom. The third-order valence-corrected chi connectivity index (χ3v) is 4.54. The first-order valence-electron chi connectivity index (χ1n) is 8.88. The number of carboxylic acid groups (broad SMARTS) is 1. The summed E-state index contributed by atoms with van der Waals surface area (Å²) in [6, 6.07) is 5.21. The van der Waals surface area contributed by atoms with E-state index in [1.54, 1.807) is 12.1 Å². The molecule has 8 nitrogen and oxygen atoms in total. The van der Waals surface area contributed by atoms with Crippen LogP contribution in [0.1, 0.15) is 58.4 Å². The van der Waals surface area contributed by atoms with E-state index in [2.05, 4.69) is 15.8 Å². The summed E-state index contributed by atoms with van der Waals surface area (Å²) in [5, 5.41) is 17.9. The molecule has 1 heterocycles.